The van der Waals surface area contributed by atoms with Crippen LogP contribution >= 0.6 is 0 Å². The van der Waals surface area contributed by atoms with Crippen LogP contribution in [0.5, 0.6) is 11.6 Å². The molecule has 0 atom stereocenters. The summed E-state index contributed by atoms with van der Waals surface area (Å²) in [6.45, 7) is -0.288. The second-order valence-corrected chi connectivity index (χ2v) is 8.74. The lowest BCUT2D eigenvalue weighted by molar-refractivity contribution is -0.137. The summed E-state index contributed by atoms with van der Waals surface area (Å²) >= 11 is 0. The van der Waals surface area contributed by atoms with Crippen molar-refractivity contribution in [2.24, 2.45) is 0 Å². The van der Waals surface area contributed by atoms with Crippen LogP contribution < -0.4 is 9.47 Å². The van der Waals surface area contributed by atoms with Crippen LogP contribution in [0.25, 0.3) is 10.9 Å². The van der Waals surface area contributed by atoms with Crippen LogP contribution in [0, 0.1) is 5.82 Å². The van der Waals surface area contributed by atoms with Gasteiger partial charge in [0.1, 0.15) is 18.2 Å². The smallest absolute Gasteiger partial charge is 0.416 e. The van der Waals surface area contributed by atoms with E-state index in [1.165, 1.54) is 37.4 Å². The third-order valence-corrected chi connectivity index (χ3v) is 6.39. The summed E-state index contributed by atoms with van der Waals surface area (Å²) < 4.78 is 90.0. The molecule has 1 aromatic heterocycles. The van der Waals surface area contributed by atoms with Crippen LogP contribution in [0.2, 0.25) is 0 Å². The van der Waals surface area contributed by atoms with Crippen molar-refractivity contribution in [1.29, 1.82) is 0 Å². The van der Waals surface area contributed by atoms with Crippen molar-refractivity contribution in [3.63, 3.8) is 0 Å². The van der Waals surface area contributed by atoms with Crippen molar-refractivity contribution in [3.05, 3.63) is 83.7 Å². The van der Waals surface area contributed by atoms with E-state index in [9.17, 15) is 26.0 Å². The number of alkyl halides is 3. The average Bonchev–Trinajstić information content (AvgIpc) is 3.16. The highest BCUT2D eigenvalue weighted by molar-refractivity contribution is 7.90. The number of halogens is 4. The third kappa shape index (κ3) is 4.49. The Morgan fingerprint density at radius 2 is 1.73 bits per heavy atom. The number of rotatable bonds is 6. The summed E-state index contributed by atoms with van der Waals surface area (Å²) in [6.07, 6.45) is -4.51. The number of nitrogens with zero attached hydrogens (tertiary/aromatic N) is 2. The molecule has 0 saturated carbocycles. The van der Waals surface area contributed by atoms with Gasteiger partial charge in [-0.2, -0.15) is 21.6 Å². The number of hydrogen-bond acceptors (Lipinski definition) is 5. The van der Waals surface area contributed by atoms with E-state index in [2.05, 4.69) is 5.10 Å². The molecule has 4 aromatic rings. The highest BCUT2D eigenvalue weighted by Crippen LogP contribution is 2.33. The van der Waals surface area contributed by atoms with Crippen molar-refractivity contribution < 1.29 is 35.5 Å². The van der Waals surface area contributed by atoms with E-state index in [0.717, 1.165) is 40.5 Å². The van der Waals surface area contributed by atoms with Crippen LogP contribution in [-0.4, -0.2) is 24.7 Å². The van der Waals surface area contributed by atoms with Crippen molar-refractivity contribution in [1.82, 2.24) is 9.19 Å². The van der Waals surface area contributed by atoms with Crippen LogP contribution in [-0.2, 0) is 22.8 Å². The number of ether oxygens (including phenoxy) is 2. The molecule has 0 unspecified atom stereocenters. The minimum atomic E-state index is -4.51. The standard InChI is InChI=1S/C22H16F4N2O4S/c1-31-17-7-10-20-19(12-17)21(32-13-14-3-2-4-15(11-14)22(24,25)26)27-28(20)33(29,30)18-8-5-16(23)6-9-18/h2-12H,13H2,1H3. The van der Waals surface area contributed by atoms with Crippen molar-refractivity contribution in [3.8, 4) is 11.6 Å². The molecule has 0 bridgehead atoms. The molecule has 0 aliphatic heterocycles. The third-order valence-electron chi connectivity index (χ3n) is 4.79. The first kappa shape index (κ1) is 22.6. The van der Waals surface area contributed by atoms with Crippen molar-refractivity contribution in [2.45, 2.75) is 17.7 Å². The minimum Gasteiger partial charge on any atom is -0.497 e. The molecule has 0 spiro atoms. The Balaban J connectivity index is 1.75. The lowest BCUT2D eigenvalue weighted by Crippen LogP contribution is -2.14. The van der Waals surface area contributed by atoms with Gasteiger partial charge in [0.05, 0.1) is 28.5 Å². The maximum atomic E-state index is 13.3. The van der Waals surface area contributed by atoms with Crippen LogP contribution in [0.4, 0.5) is 17.6 Å². The summed E-state index contributed by atoms with van der Waals surface area (Å²) in [4.78, 5) is -0.200. The highest BCUT2D eigenvalue weighted by Gasteiger charge is 2.30. The number of methoxy groups -OCH3 is 1. The zero-order valence-corrected chi connectivity index (χ0v) is 17.8. The van der Waals surface area contributed by atoms with Gasteiger partial charge in [0.2, 0.25) is 5.88 Å². The van der Waals surface area contributed by atoms with Gasteiger partial charge in [-0.25, -0.2) is 4.39 Å². The first-order valence-electron chi connectivity index (χ1n) is 9.46. The SMILES string of the molecule is COc1ccc2c(c1)c(OCc1cccc(C(F)(F)F)c1)nn2S(=O)(=O)c1ccc(F)cc1. The van der Waals surface area contributed by atoms with E-state index in [-0.39, 0.29) is 33.8 Å². The van der Waals surface area contributed by atoms with E-state index in [4.69, 9.17) is 9.47 Å². The maximum Gasteiger partial charge on any atom is 0.416 e. The second-order valence-electron chi connectivity index (χ2n) is 6.98. The molecule has 0 aliphatic carbocycles. The number of fused-ring (bicyclic) bond motifs is 1. The Morgan fingerprint density at radius 3 is 2.39 bits per heavy atom. The summed E-state index contributed by atoms with van der Waals surface area (Å²) in [5.74, 6) is -0.328. The monoisotopic (exact) mass is 480 g/mol. The fraction of sp³-hybridized carbons (Fsp3) is 0.136. The molecule has 4 rings (SSSR count). The zero-order chi connectivity index (χ0) is 23.8. The van der Waals surface area contributed by atoms with Gasteiger partial charge in [-0.15, -0.1) is 9.19 Å². The fourth-order valence-electron chi connectivity index (χ4n) is 3.16. The van der Waals surface area contributed by atoms with Gasteiger partial charge in [0.15, 0.2) is 0 Å². The number of aromatic nitrogens is 2. The molecule has 33 heavy (non-hydrogen) atoms. The first-order valence-corrected chi connectivity index (χ1v) is 10.9. The molecule has 0 saturated heterocycles. The Hall–Kier alpha value is -3.60. The Morgan fingerprint density at radius 1 is 1.00 bits per heavy atom. The topological polar surface area (TPSA) is 70.4 Å². The van der Waals surface area contributed by atoms with E-state index >= 15 is 0 Å². The zero-order valence-electron chi connectivity index (χ0n) is 17.0. The Kier molecular flexibility index (Phi) is 5.75. The van der Waals surface area contributed by atoms with Gasteiger partial charge in [0, 0.05) is 0 Å². The molecular weight excluding hydrogens is 464 g/mol. The molecule has 172 valence electrons. The quantitative estimate of drug-likeness (QED) is 0.363. The first-order chi connectivity index (χ1) is 15.6. The summed E-state index contributed by atoms with van der Waals surface area (Å²) in [5, 5.41) is 4.33. The van der Waals surface area contributed by atoms with Gasteiger partial charge >= 0.3 is 6.18 Å². The fourth-order valence-corrected chi connectivity index (χ4v) is 4.44. The van der Waals surface area contributed by atoms with Crippen LogP contribution in [0.3, 0.4) is 0 Å². The summed E-state index contributed by atoms with van der Waals surface area (Å²) in [6, 6.07) is 13.3. The van der Waals surface area contributed by atoms with Crippen LogP contribution in [0.15, 0.2) is 71.6 Å². The minimum absolute atomic E-state index is 0.119. The average molecular weight is 480 g/mol. The van der Waals surface area contributed by atoms with Gasteiger partial charge in [0.25, 0.3) is 10.0 Å². The highest BCUT2D eigenvalue weighted by atomic mass is 32.2. The van der Waals surface area contributed by atoms with E-state index in [1.807, 2.05) is 0 Å². The van der Waals surface area contributed by atoms with Gasteiger partial charge in [-0.05, 0) is 60.2 Å². The molecule has 0 N–H and O–H groups in total. The number of hydrogen-bond donors (Lipinski definition) is 0. The van der Waals surface area contributed by atoms with Gasteiger partial charge in [-0.3, -0.25) is 0 Å². The van der Waals surface area contributed by atoms with E-state index < -0.39 is 27.6 Å². The maximum absolute atomic E-state index is 13.3. The Bertz CT molecular complexity index is 1410. The molecule has 0 amide bonds. The number of benzene rings is 3. The normalized spacial score (nSPS) is 12.2. The van der Waals surface area contributed by atoms with Crippen molar-refractivity contribution >= 4 is 20.9 Å². The molecule has 6 nitrogen and oxygen atoms in total. The van der Waals surface area contributed by atoms with Crippen molar-refractivity contribution in [2.75, 3.05) is 7.11 Å². The molecule has 3 aromatic carbocycles. The lowest BCUT2D eigenvalue weighted by atomic mass is 10.1. The lowest BCUT2D eigenvalue weighted by Gasteiger charge is -2.09. The molecule has 0 aliphatic rings. The molecule has 0 fully saturated rings. The summed E-state index contributed by atoms with van der Waals surface area (Å²) in [7, 11) is -2.80. The molecule has 1 heterocycles. The van der Waals surface area contributed by atoms with Gasteiger partial charge < -0.3 is 9.47 Å². The largest absolute Gasteiger partial charge is 0.497 e. The van der Waals surface area contributed by atoms with E-state index in [0.29, 0.717) is 5.75 Å². The Labute approximate surface area is 186 Å². The van der Waals surface area contributed by atoms with Crippen LogP contribution in [0.1, 0.15) is 11.1 Å². The van der Waals surface area contributed by atoms with E-state index in [1.54, 1.807) is 0 Å². The summed E-state index contributed by atoms with van der Waals surface area (Å²) in [5.41, 5.74) is -0.462. The predicted octanol–water partition coefficient (Wildman–Crippen LogP) is 5.02. The molecular formula is C22H16F4N2O4S. The molecule has 11 heteroatoms. The molecule has 0 radical (unpaired) electrons. The predicted molar refractivity (Wildman–Crippen MR) is 111 cm³/mol. The van der Waals surface area contributed by atoms with Gasteiger partial charge in [-0.1, -0.05) is 12.1 Å². The second kappa shape index (κ2) is 8.39.